The zero-order valence-corrected chi connectivity index (χ0v) is 33.9. The Bertz CT molecular complexity index is 2960. The van der Waals surface area contributed by atoms with E-state index in [0.29, 0.717) is 12.1 Å². The van der Waals surface area contributed by atoms with Gasteiger partial charge in [0, 0.05) is 51.9 Å². The predicted molar refractivity (Wildman–Crippen MR) is 221 cm³/mol. The summed E-state index contributed by atoms with van der Waals surface area (Å²) in [4.78, 5) is 27.9. The number of benzene rings is 6. The molecule has 0 amide bonds. The highest BCUT2D eigenvalue weighted by Crippen LogP contribution is 2.60. The summed E-state index contributed by atoms with van der Waals surface area (Å²) in [6, 6.07) is 9.04. The maximum Gasteiger partial charge on any atom is 0.338 e. The van der Waals surface area contributed by atoms with Crippen molar-refractivity contribution in [3.05, 3.63) is 106 Å². The third-order valence-corrected chi connectivity index (χ3v) is 11.4. The van der Waals surface area contributed by atoms with E-state index in [1.54, 1.807) is 0 Å². The van der Waals surface area contributed by atoms with Crippen LogP contribution in [0, 0.1) is 0 Å². The molecule has 0 fully saturated rings. The first-order valence-electron chi connectivity index (χ1n) is 19.5. The molecule has 0 aromatic heterocycles. The number of phenolic OH excluding ortho intramolecular Hbond substituents is 16. The predicted octanol–water partition coefficient (Wildman–Crippen LogP) is 4.93. The Morgan fingerprint density at radius 1 is 0.418 bits per heavy atom. The summed E-state index contributed by atoms with van der Waals surface area (Å²) >= 11 is 0. The van der Waals surface area contributed by atoms with Gasteiger partial charge < -0.3 is 101 Å². The molecule has 6 aromatic carbocycles. The first kappa shape index (κ1) is 44.3. The average Bonchev–Trinajstić information content (AvgIpc) is 3.25. The Morgan fingerprint density at radius 3 is 1.24 bits per heavy atom. The highest BCUT2D eigenvalue weighted by atomic mass is 16.6. The number of hydrogen-bond acceptors (Lipinski definition) is 22. The minimum atomic E-state index is -2.01. The normalized spacial score (nSPS) is 19.5. The van der Waals surface area contributed by atoms with E-state index in [4.69, 9.17) is 18.9 Å². The number of carbonyl (C=O) groups is 2. The molecule has 22 nitrogen and oxygen atoms in total. The summed E-state index contributed by atoms with van der Waals surface area (Å²) in [6.07, 6.45) is -7.27. The monoisotopic (exact) mass is 928 g/mol. The lowest BCUT2D eigenvalue weighted by atomic mass is 9.75. The highest BCUT2D eigenvalue weighted by molar-refractivity contribution is 5.92. The van der Waals surface area contributed by atoms with Crippen molar-refractivity contribution in [1.82, 2.24) is 0 Å². The van der Waals surface area contributed by atoms with Gasteiger partial charge >= 0.3 is 11.9 Å². The van der Waals surface area contributed by atoms with Crippen LogP contribution in [0.5, 0.6) is 103 Å². The number of esters is 2. The van der Waals surface area contributed by atoms with Crippen LogP contribution in [0.1, 0.15) is 79.5 Å². The lowest BCUT2D eigenvalue weighted by Gasteiger charge is -2.43. The fourth-order valence-corrected chi connectivity index (χ4v) is 8.23. The van der Waals surface area contributed by atoms with E-state index in [0.717, 1.165) is 54.6 Å². The number of phenols is 16. The van der Waals surface area contributed by atoms with E-state index in [1.165, 1.54) is 6.92 Å². The van der Waals surface area contributed by atoms with Crippen LogP contribution in [0.2, 0.25) is 0 Å². The molecule has 0 saturated carbocycles. The Labute approximate surface area is 373 Å². The molecule has 2 heterocycles. The van der Waals surface area contributed by atoms with Gasteiger partial charge in [-0.1, -0.05) is 6.92 Å². The van der Waals surface area contributed by atoms with E-state index < -0.39 is 168 Å². The molecule has 6 unspecified atom stereocenters. The van der Waals surface area contributed by atoms with Crippen LogP contribution in [0.3, 0.4) is 0 Å². The first-order chi connectivity index (χ1) is 31.6. The molecule has 0 bridgehead atoms. The average molecular weight is 929 g/mol. The van der Waals surface area contributed by atoms with E-state index >= 15 is 0 Å². The summed E-state index contributed by atoms with van der Waals surface area (Å²) in [7, 11) is 0. The zero-order chi connectivity index (χ0) is 48.7. The second kappa shape index (κ2) is 16.0. The van der Waals surface area contributed by atoms with Crippen molar-refractivity contribution in [1.29, 1.82) is 0 Å². The number of carbonyl (C=O) groups excluding carboxylic acids is 2. The Hall–Kier alpha value is -9.34. The molecule has 2 aliphatic rings. The lowest BCUT2D eigenvalue weighted by Crippen LogP contribution is -2.41. The van der Waals surface area contributed by atoms with Gasteiger partial charge in [-0.25, -0.2) is 9.59 Å². The van der Waals surface area contributed by atoms with Crippen molar-refractivity contribution in [2.45, 2.75) is 43.2 Å². The highest BCUT2D eigenvalue weighted by Gasteiger charge is 2.51. The van der Waals surface area contributed by atoms with E-state index in [-0.39, 0.29) is 22.3 Å². The van der Waals surface area contributed by atoms with Gasteiger partial charge in [0.25, 0.3) is 0 Å². The number of ether oxygens (including phenoxy) is 4. The third-order valence-electron chi connectivity index (χ3n) is 11.4. The van der Waals surface area contributed by atoms with Crippen molar-refractivity contribution in [3.63, 3.8) is 0 Å². The molecule has 0 spiro atoms. The van der Waals surface area contributed by atoms with Gasteiger partial charge in [-0.05, 0) is 48.5 Å². The topological polar surface area (TPSA) is 395 Å². The summed E-state index contributed by atoms with van der Waals surface area (Å²) in [5.41, 5.74) is -2.84. The summed E-state index contributed by atoms with van der Waals surface area (Å²) in [6.45, 7) is 1.37. The van der Waals surface area contributed by atoms with Crippen LogP contribution in [0.15, 0.2) is 66.7 Å². The van der Waals surface area contributed by atoms with Gasteiger partial charge in [-0.2, -0.15) is 0 Å². The summed E-state index contributed by atoms with van der Waals surface area (Å²) in [5, 5.41) is 170. The van der Waals surface area contributed by atoms with Crippen molar-refractivity contribution < 1.29 is 110 Å². The van der Waals surface area contributed by atoms with Crippen LogP contribution in [0.4, 0.5) is 0 Å². The van der Waals surface area contributed by atoms with Gasteiger partial charge in [0.2, 0.25) is 0 Å². The largest absolute Gasteiger partial charge is 0.508 e. The number of fused-ring (bicyclic) bond motifs is 2. The molecule has 2 aliphatic heterocycles. The second-order valence-corrected chi connectivity index (χ2v) is 15.6. The standard InChI is InChI=1S/C45H36O22/c1-13-31-20(48)12-21(49)33(42(31)65-40(14-2-22(50)35(58)23(51)3-14)39(13)66-44(62)16-6-26(54)37(60)27(55)7-16)34-32-19(47)10-18(46)11-30(32)64-41(15-4-24(52)36(59)25(53)5-15)43(34)67-45(63)17-8-28(56)38(61)29(57)9-17/h2-13,34,39-41,43,46-61H,1H3. The lowest BCUT2D eigenvalue weighted by molar-refractivity contribution is -0.0350. The van der Waals surface area contributed by atoms with Crippen LogP contribution < -0.4 is 9.47 Å². The molecule has 0 radical (unpaired) electrons. The molecule has 348 valence electrons. The smallest absolute Gasteiger partial charge is 0.338 e. The van der Waals surface area contributed by atoms with Crippen LogP contribution in [-0.2, 0) is 9.47 Å². The summed E-state index contributed by atoms with van der Waals surface area (Å²) in [5.74, 6) is -21.3. The number of rotatable bonds is 7. The summed E-state index contributed by atoms with van der Waals surface area (Å²) < 4.78 is 24.5. The number of aromatic hydroxyl groups is 16. The third kappa shape index (κ3) is 7.46. The molecular formula is C45H36O22. The van der Waals surface area contributed by atoms with Crippen molar-refractivity contribution in [2.75, 3.05) is 0 Å². The van der Waals surface area contributed by atoms with Gasteiger partial charge in [0.1, 0.15) is 40.6 Å². The van der Waals surface area contributed by atoms with Crippen LogP contribution in [0.25, 0.3) is 0 Å². The molecule has 8 rings (SSSR count). The van der Waals surface area contributed by atoms with E-state index in [1.807, 2.05) is 0 Å². The SMILES string of the molecule is CC1c2c(O)cc(O)c(C3c4c(O)cc(O)cc4OC(c4cc(O)c(O)c(O)c4)C3OC(=O)c3cc(O)c(O)c(O)c3)c2OC(c2cc(O)c(O)c(O)c2)C1OC(=O)c1cc(O)c(O)c(O)c1. The minimum Gasteiger partial charge on any atom is -0.508 e. The van der Waals surface area contributed by atoms with Crippen molar-refractivity contribution >= 4 is 11.9 Å². The molecule has 0 saturated heterocycles. The molecule has 16 N–H and O–H groups in total. The first-order valence-corrected chi connectivity index (χ1v) is 19.5. The number of hydrogen-bond donors (Lipinski definition) is 16. The molecule has 22 heteroatoms. The molecule has 6 aromatic rings. The van der Waals surface area contributed by atoms with Gasteiger partial charge in [0.15, 0.2) is 87.3 Å². The van der Waals surface area contributed by atoms with Gasteiger partial charge in [-0.3, -0.25) is 0 Å². The quantitative estimate of drug-likeness (QED) is 0.0745. The second-order valence-electron chi connectivity index (χ2n) is 15.6. The molecule has 6 atom stereocenters. The van der Waals surface area contributed by atoms with Gasteiger partial charge in [0.05, 0.1) is 17.0 Å². The Kier molecular flexibility index (Phi) is 10.6. The molecule has 67 heavy (non-hydrogen) atoms. The fraction of sp³-hybridized carbons (Fsp3) is 0.156. The van der Waals surface area contributed by atoms with Crippen LogP contribution >= 0.6 is 0 Å². The Morgan fingerprint density at radius 2 is 0.791 bits per heavy atom. The molecular weight excluding hydrogens is 892 g/mol. The fourth-order valence-electron chi connectivity index (χ4n) is 8.23. The Balaban J connectivity index is 1.38. The molecule has 0 aliphatic carbocycles. The zero-order valence-electron chi connectivity index (χ0n) is 33.9. The van der Waals surface area contributed by atoms with Crippen LogP contribution in [-0.4, -0.2) is 106 Å². The van der Waals surface area contributed by atoms with E-state index in [2.05, 4.69) is 0 Å². The van der Waals surface area contributed by atoms with Crippen molar-refractivity contribution in [3.8, 4) is 103 Å². The van der Waals surface area contributed by atoms with Gasteiger partial charge in [-0.15, -0.1) is 0 Å². The van der Waals surface area contributed by atoms with Crippen molar-refractivity contribution in [2.24, 2.45) is 0 Å². The maximum atomic E-state index is 14.1. The maximum absolute atomic E-state index is 14.1. The van der Waals surface area contributed by atoms with E-state index in [9.17, 15) is 91.3 Å². The minimum absolute atomic E-state index is 0.253.